The summed E-state index contributed by atoms with van der Waals surface area (Å²) < 4.78 is 38.5. The standard InChI is InChI=1S/C12H17F3N4O/c1-2-16-11-17-9(12(13,14)15)6-10(18-11)19-5-3-4-8(20)7-19/h6,8,20H,2-5,7H2,1H3,(H,16,17,18). The number of hydrogen-bond acceptors (Lipinski definition) is 5. The number of β-amino-alcohol motifs (C(OH)–C–C–N with tert-alkyl or cyclic N) is 1. The fourth-order valence-electron chi connectivity index (χ4n) is 2.14. The zero-order valence-electron chi connectivity index (χ0n) is 11.1. The molecule has 1 atom stereocenters. The molecular formula is C12H17F3N4O. The molecule has 1 saturated heterocycles. The van der Waals surface area contributed by atoms with Crippen LogP contribution in [0.5, 0.6) is 0 Å². The Morgan fingerprint density at radius 3 is 2.80 bits per heavy atom. The minimum Gasteiger partial charge on any atom is -0.391 e. The zero-order valence-corrected chi connectivity index (χ0v) is 11.1. The van der Waals surface area contributed by atoms with Crippen molar-refractivity contribution in [1.29, 1.82) is 0 Å². The number of anilines is 2. The molecule has 112 valence electrons. The van der Waals surface area contributed by atoms with Crippen LogP contribution in [0.3, 0.4) is 0 Å². The Kier molecular flexibility index (Phi) is 4.32. The van der Waals surface area contributed by atoms with Crippen LogP contribution in [0.2, 0.25) is 0 Å². The number of rotatable bonds is 3. The second-order valence-corrected chi connectivity index (χ2v) is 4.71. The molecule has 0 spiro atoms. The molecule has 1 aromatic rings. The van der Waals surface area contributed by atoms with Crippen LogP contribution in [-0.2, 0) is 6.18 Å². The summed E-state index contributed by atoms with van der Waals surface area (Å²) in [6.07, 6.45) is -3.66. The van der Waals surface area contributed by atoms with E-state index in [1.54, 1.807) is 11.8 Å². The van der Waals surface area contributed by atoms with Gasteiger partial charge in [-0.25, -0.2) is 4.98 Å². The second-order valence-electron chi connectivity index (χ2n) is 4.71. The van der Waals surface area contributed by atoms with Gasteiger partial charge in [0.15, 0.2) is 5.69 Å². The molecule has 1 fully saturated rings. The van der Waals surface area contributed by atoms with Gasteiger partial charge in [0.1, 0.15) is 5.82 Å². The van der Waals surface area contributed by atoms with E-state index in [1.165, 1.54) is 0 Å². The fraction of sp³-hybridized carbons (Fsp3) is 0.667. The Labute approximate surface area is 114 Å². The first-order valence-electron chi connectivity index (χ1n) is 6.53. The summed E-state index contributed by atoms with van der Waals surface area (Å²) in [7, 11) is 0. The molecule has 0 radical (unpaired) electrons. The predicted molar refractivity (Wildman–Crippen MR) is 68.7 cm³/mol. The normalized spacial score (nSPS) is 20.1. The first-order chi connectivity index (χ1) is 9.40. The van der Waals surface area contributed by atoms with Crippen LogP contribution in [0.1, 0.15) is 25.5 Å². The van der Waals surface area contributed by atoms with Crippen molar-refractivity contribution in [3.05, 3.63) is 11.8 Å². The van der Waals surface area contributed by atoms with Crippen molar-refractivity contribution in [3.8, 4) is 0 Å². The van der Waals surface area contributed by atoms with Crippen LogP contribution in [-0.4, -0.2) is 40.8 Å². The maximum atomic E-state index is 12.8. The largest absolute Gasteiger partial charge is 0.433 e. The monoisotopic (exact) mass is 290 g/mol. The average molecular weight is 290 g/mol. The molecule has 1 aromatic heterocycles. The average Bonchev–Trinajstić information content (AvgIpc) is 2.38. The van der Waals surface area contributed by atoms with Gasteiger partial charge in [0.2, 0.25) is 5.95 Å². The van der Waals surface area contributed by atoms with E-state index in [0.717, 1.165) is 12.5 Å². The van der Waals surface area contributed by atoms with Gasteiger partial charge in [-0.2, -0.15) is 18.2 Å². The lowest BCUT2D eigenvalue weighted by atomic mass is 10.1. The van der Waals surface area contributed by atoms with Gasteiger partial charge in [0, 0.05) is 25.7 Å². The Bertz CT molecular complexity index is 467. The van der Waals surface area contributed by atoms with Crippen LogP contribution in [0, 0.1) is 0 Å². The highest BCUT2D eigenvalue weighted by Crippen LogP contribution is 2.31. The molecule has 2 heterocycles. The van der Waals surface area contributed by atoms with E-state index in [2.05, 4.69) is 15.3 Å². The van der Waals surface area contributed by atoms with Gasteiger partial charge in [0.05, 0.1) is 6.10 Å². The van der Waals surface area contributed by atoms with Crippen LogP contribution in [0.25, 0.3) is 0 Å². The number of hydrogen-bond donors (Lipinski definition) is 2. The third kappa shape index (κ3) is 3.50. The molecule has 0 amide bonds. The third-order valence-electron chi connectivity index (χ3n) is 3.06. The summed E-state index contributed by atoms with van der Waals surface area (Å²) >= 11 is 0. The molecule has 2 N–H and O–H groups in total. The van der Waals surface area contributed by atoms with Crippen LogP contribution in [0.4, 0.5) is 24.9 Å². The van der Waals surface area contributed by atoms with Gasteiger partial charge in [-0.1, -0.05) is 0 Å². The topological polar surface area (TPSA) is 61.3 Å². The lowest BCUT2D eigenvalue weighted by Gasteiger charge is -2.31. The van der Waals surface area contributed by atoms with Gasteiger partial charge in [-0.3, -0.25) is 0 Å². The quantitative estimate of drug-likeness (QED) is 0.890. The van der Waals surface area contributed by atoms with E-state index in [0.29, 0.717) is 26.1 Å². The smallest absolute Gasteiger partial charge is 0.391 e. The van der Waals surface area contributed by atoms with Crippen molar-refractivity contribution in [2.45, 2.75) is 32.0 Å². The lowest BCUT2D eigenvalue weighted by Crippen LogP contribution is -2.39. The lowest BCUT2D eigenvalue weighted by molar-refractivity contribution is -0.141. The van der Waals surface area contributed by atoms with Crippen molar-refractivity contribution in [2.75, 3.05) is 29.9 Å². The number of nitrogens with one attached hydrogen (secondary N) is 1. The van der Waals surface area contributed by atoms with Crippen LogP contribution in [0.15, 0.2) is 6.07 Å². The highest BCUT2D eigenvalue weighted by molar-refractivity contribution is 5.46. The number of aliphatic hydroxyl groups is 1. The van der Waals surface area contributed by atoms with Crippen LogP contribution >= 0.6 is 0 Å². The number of aliphatic hydroxyl groups excluding tert-OH is 1. The highest BCUT2D eigenvalue weighted by atomic mass is 19.4. The summed E-state index contributed by atoms with van der Waals surface area (Å²) in [6.45, 7) is 3.06. The molecule has 20 heavy (non-hydrogen) atoms. The number of halogens is 3. The maximum absolute atomic E-state index is 12.8. The summed E-state index contributed by atoms with van der Waals surface area (Å²) in [5, 5.41) is 12.3. The maximum Gasteiger partial charge on any atom is 0.433 e. The number of aromatic nitrogens is 2. The molecule has 5 nitrogen and oxygen atoms in total. The molecule has 1 unspecified atom stereocenters. The van der Waals surface area contributed by atoms with Crippen molar-refractivity contribution in [1.82, 2.24) is 9.97 Å². The number of alkyl halides is 3. The van der Waals surface area contributed by atoms with Gasteiger partial charge in [-0.15, -0.1) is 0 Å². The Morgan fingerprint density at radius 2 is 2.20 bits per heavy atom. The molecular weight excluding hydrogens is 273 g/mol. The van der Waals surface area contributed by atoms with E-state index in [-0.39, 0.29) is 11.8 Å². The molecule has 0 bridgehead atoms. The van der Waals surface area contributed by atoms with E-state index in [9.17, 15) is 18.3 Å². The van der Waals surface area contributed by atoms with Gasteiger partial charge < -0.3 is 15.3 Å². The van der Waals surface area contributed by atoms with E-state index in [1.807, 2.05) is 0 Å². The molecule has 2 rings (SSSR count). The molecule has 8 heteroatoms. The van der Waals surface area contributed by atoms with E-state index >= 15 is 0 Å². The van der Waals surface area contributed by atoms with Gasteiger partial charge in [-0.05, 0) is 19.8 Å². The Balaban J connectivity index is 2.33. The molecule has 0 saturated carbocycles. The van der Waals surface area contributed by atoms with Crippen molar-refractivity contribution in [3.63, 3.8) is 0 Å². The minimum atomic E-state index is -4.52. The van der Waals surface area contributed by atoms with E-state index in [4.69, 9.17) is 0 Å². The van der Waals surface area contributed by atoms with Crippen LogP contribution < -0.4 is 10.2 Å². The summed E-state index contributed by atoms with van der Waals surface area (Å²) in [5.41, 5.74) is -0.974. The molecule has 1 aliphatic rings. The van der Waals surface area contributed by atoms with Gasteiger partial charge in [0.25, 0.3) is 0 Å². The fourth-order valence-corrected chi connectivity index (χ4v) is 2.14. The number of nitrogens with zero attached hydrogens (tertiary/aromatic N) is 3. The minimum absolute atomic E-state index is 0.0441. The highest BCUT2D eigenvalue weighted by Gasteiger charge is 2.34. The zero-order chi connectivity index (χ0) is 14.8. The number of piperidine rings is 1. The first kappa shape index (κ1) is 14.8. The Hall–Kier alpha value is -1.57. The van der Waals surface area contributed by atoms with Crippen molar-refractivity contribution >= 4 is 11.8 Å². The molecule has 1 aliphatic heterocycles. The van der Waals surface area contributed by atoms with Crippen molar-refractivity contribution < 1.29 is 18.3 Å². The second kappa shape index (κ2) is 5.82. The molecule has 0 aromatic carbocycles. The van der Waals surface area contributed by atoms with Gasteiger partial charge >= 0.3 is 6.18 Å². The van der Waals surface area contributed by atoms with Crippen molar-refractivity contribution in [2.24, 2.45) is 0 Å². The summed E-state index contributed by atoms with van der Waals surface area (Å²) in [5.74, 6) is 0.152. The summed E-state index contributed by atoms with van der Waals surface area (Å²) in [4.78, 5) is 9.22. The predicted octanol–water partition coefficient (Wildman–Crippen LogP) is 1.89. The Morgan fingerprint density at radius 1 is 1.45 bits per heavy atom. The summed E-state index contributed by atoms with van der Waals surface area (Å²) in [6, 6.07) is 0.929. The van der Waals surface area contributed by atoms with E-state index < -0.39 is 18.0 Å². The third-order valence-corrected chi connectivity index (χ3v) is 3.06. The SMILES string of the molecule is CCNc1nc(N2CCCC(O)C2)cc(C(F)(F)F)n1. The first-order valence-corrected chi connectivity index (χ1v) is 6.53. The molecule has 0 aliphatic carbocycles.